The lowest BCUT2D eigenvalue weighted by Gasteiger charge is -2.11. The van der Waals surface area contributed by atoms with Crippen LogP contribution in [0.25, 0.3) is 10.8 Å². The van der Waals surface area contributed by atoms with Crippen molar-refractivity contribution in [3.63, 3.8) is 0 Å². The van der Waals surface area contributed by atoms with Crippen LogP contribution < -0.4 is 4.74 Å². The van der Waals surface area contributed by atoms with Crippen LogP contribution in [0.4, 0.5) is 0 Å². The largest absolute Gasteiger partial charge is 0.496 e. The van der Waals surface area contributed by atoms with Crippen molar-refractivity contribution in [2.75, 3.05) is 7.11 Å². The van der Waals surface area contributed by atoms with Crippen LogP contribution in [0.15, 0.2) is 60.7 Å². The van der Waals surface area contributed by atoms with E-state index in [9.17, 15) is 4.79 Å². The molecule has 3 rings (SSSR count). The molecule has 0 unspecified atom stereocenters. The summed E-state index contributed by atoms with van der Waals surface area (Å²) in [5, 5.41) is 2.40. The summed E-state index contributed by atoms with van der Waals surface area (Å²) in [6.07, 6.45) is 0.827. The van der Waals surface area contributed by atoms with Crippen LogP contribution >= 0.6 is 0 Å². The highest BCUT2D eigenvalue weighted by Crippen LogP contribution is 2.22. The standard InChI is InChI=1S/C20H18O3/c1-22-20-10-9-15(12-21)11-18(20)14-23-13-17-7-4-6-16-5-2-3-8-19(16)17/h2-12H,13-14H2,1H3. The van der Waals surface area contributed by atoms with E-state index in [0.717, 1.165) is 23.2 Å². The minimum Gasteiger partial charge on any atom is -0.496 e. The number of carbonyl (C=O) groups is 1. The predicted octanol–water partition coefficient (Wildman–Crippen LogP) is 4.38. The molecule has 0 spiro atoms. The second kappa shape index (κ2) is 7.07. The van der Waals surface area contributed by atoms with Gasteiger partial charge in [0.15, 0.2) is 0 Å². The molecule has 0 aromatic heterocycles. The summed E-state index contributed by atoms with van der Waals surface area (Å²) in [6, 6.07) is 19.8. The lowest BCUT2D eigenvalue weighted by Crippen LogP contribution is -1.99. The molecule has 0 atom stereocenters. The molecular formula is C20H18O3. The number of fused-ring (bicyclic) bond motifs is 1. The molecule has 116 valence electrons. The maximum absolute atomic E-state index is 10.9. The van der Waals surface area contributed by atoms with Gasteiger partial charge in [0.05, 0.1) is 20.3 Å². The van der Waals surface area contributed by atoms with E-state index in [1.165, 1.54) is 10.8 Å². The summed E-state index contributed by atoms with van der Waals surface area (Å²) in [5.41, 5.74) is 2.64. The molecule has 23 heavy (non-hydrogen) atoms. The molecule has 0 bridgehead atoms. The third kappa shape index (κ3) is 3.41. The highest BCUT2D eigenvalue weighted by molar-refractivity contribution is 5.85. The predicted molar refractivity (Wildman–Crippen MR) is 90.8 cm³/mol. The normalized spacial score (nSPS) is 10.7. The average Bonchev–Trinajstić information content (AvgIpc) is 2.61. The SMILES string of the molecule is COc1ccc(C=O)cc1COCc1cccc2ccccc12. The van der Waals surface area contributed by atoms with Gasteiger partial charge in [-0.15, -0.1) is 0 Å². The van der Waals surface area contributed by atoms with E-state index in [2.05, 4.69) is 24.3 Å². The van der Waals surface area contributed by atoms with Crippen LogP contribution in [-0.4, -0.2) is 13.4 Å². The molecule has 0 radical (unpaired) electrons. The Bertz CT molecular complexity index is 819. The first-order valence-electron chi connectivity index (χ1n) is 7.48. The number of rotatable bonds is 6. The fourth-order valence-electron chi connectivity index (χ4n) is 2.67. The Morgan fingerprint density at radius 2 is 1.70 bits per heavy atom. The first-order valence-corrected chi connectivity index (χ1v) is 7.48. The number of benzene rings is 3. The van der Waals surface area contributed by atoms with Gasteiger partial charge in [0.25, 0.3) is 0 Å². The van der Waals surface area contributed by atoms with E-state index >= 15 is 0 Å². The summed E-state index contributed by atoms with van der Waals surface area (Å²) >= 11 is 0. The number of aldehydes is 1. The maximum Gasteiger partial charge on any atom is 0.150 e. The van der Waals surface area contributed by atoms with Crippen LogP contribution in [0.1, 0.15) is 21.5 Å². The van der Waals surface area contributed by atoms with Crippen molar-refractivity contribution in [2.24, 2.45) is 0 Å². The zero-order valence-corrected chi connectivity index (χ0v) is 13.0. The van der Waals surface area contributed by atoms with Crippen LogP contribution in [0, 0.1) is 0 Å². The summed E-state index contributed by atoms with van der Waals surface area (Å²) < 4.78 is 11.2. The average molecular weight is 306 g/mol. The van der Waals surface area contributed by atoms with Crippen LogP contribution in [-0.2, 0) is 18.0 Å². The second-order valence-electron chi connectivity index (χ2n) is 5.32. The number of methoxy groups -OCH3 is 1. The Balaban J connectivity index is 1.75. The van der Waals surface area contributed by atoms with Gasteiger partial charge in [-0.2, -0.15) is 0 Å². The Kier molecular flexibility index (Phi) is 4.69. The van der Waals surface area contributed by atoms with Crippen LogP contribution in [0.3, 0.4) is 0 Å². The van der Waals surface area contributed by atoms with Gasteiger partial charge in [-0.3, -0.25) is 4.79 Å². The van der Waals surface area contributed by atoms with Gasteiger partial charge in [-0.1, -0.05) is 42.5 Å². The first kappa shape index (κ1) is 15.3. The highest BCUT2D eigenvalue weighted by Gasteiger charge is 2.06. The number of ether oxygens (including phenoxy) is 2. The molecule has 0 heterocycles. The Morgan fingerprint density at radius 3 is 2.52 bits per heavy atom. The van der Waals surface area contributed by atoms with E-state index in [4.69, 9.17) is 9.47 Å². The molecule has 0 amide bonds. The molecule has 0 saturated carbocycles. The quantitative estimate of drug-likeness (QED) is 0.634. The third-order valence-electron chi connectivity index (χ3n) is 3.84. The van der Waals surface area contributed by atoms with Gasteiger partial charge in [-0.05, 0) is 34.5 Å². The zero-order chi connectivity index (χ0) is 16.1. The summed E-state index contributed by atoms with van der Waals surface area (Å²) in [4.78, 5) is 10.9. The summed E-state index contributed by atoms with van der Waals surface area (Å²) in [7, 11) is 1.62. The molecule has 0 fully saturated rings. The molecule has 0 aliphatic carbocycles. The second-order valence-corrected chi connectivity index (χ2v) is 5.32. The van der Waals surface area contributed by atoms with Crippen molar-refractivity contribution in [3.05, 3.63) is 77.4 Å². The molecule has 0 aliphatic rings. The van der Waals surface area contributed by atoms with E-state index < -0.39 is 0 Å². The molecule has 0 aliphatic heterocycles. The molecule has 3 heteroatoms. The topological polar surface area (TPSA) is 35.5 Å². The molecule has 3 aromatic rings. The summed E-state index contributed by atoms with van der Waals surface area (Å²) in [6.45, 7) is 0.907. The van der Waals surface area contributed by atoms with Gasteiger partial charge in [0.2, 0.25) is 0 Å². The van der Waals surface area contributed by atoms with Crippen molar-refractivity contribution in [1.82, 2.24) is 0 Å². The van der Waals surface area contributed by atoms with E-state index in [1.807, 2.05) is 18.2 Å². The van der Waals surface area contributed by atoms with Crippen molar-refractivity contribution in [2.45, 2.75) is 13.2 Å². The van der Waals surface area contributed by atoms with E-state index in [-0.39, 0.29) is 0 Å². The van der Waals surface area contributed by atoms with Gasteiger partial charge < -0.3 is 9.47 Å². The molecular weight excluding hydrogens is 288 g/mol. The smallest absolute Gasteiger partial charge is 0.150 e. The van der Waals surface area contributed by atoms with E-state index in [1.54, 1.807) is 25.3 Å². The number of hydrogen-bond acceptors (Lipinski definition) is 3. The first-order chi connectivity index (χ1) is 11.3. The molecule has 3 nitrogen and oxygen atoms in total. The number of hydrogen-bond donors (Lipinski definition) is 0. The van der Waals surface area contributed by atoms with Crippen LogP contribution in [0.5, 0.6) is 5.75 Å². The van der Waals surface area contributed by atoms with Crippen LogP contribution in [0.2, 0.25) is 0 Å². The Hall–Kier alpha value is -2.65. The van der Waals surface area contributed by atoms with Gasteiger partial charge in [0, 0.05) is 11.1 Å². The van der Waals surface area contributed by atoms with Crippen molar-refractivity contribution in [1.29, 1.82) is 0 Å². The van der Waals surface area contributed by atoms with Gasteiger partial charge >= 0.3 is 0 Å². The van der Waals surface area contributed by atoms with Crippen molar-refractivity contribution >= 4 is 17.1 Å². The molecule has 0 saturated heterocycles. The Labute approximate surface area is 135 Å². The van der Waals surface area contributed by atoms with E-state index in [0.29, 0.717) is 18.8 Å². The van der Waals surface area contributed by atoms with Crippen molar-refractivity contribution < 1.29 is 14.3 Å². The highest BCUT2D eigenvalue weighted by atomic mass is 16.5. The summed E-state index contributed by atoms with van der Waals surface area (Å²) in [5.74, 6) is 0.730. The minimum atomic E-state index is 0.397. The van der Waals surface area contributed by atoms with Gasteiger partial charge in [-0.25, -0.2) is 0 Å². The minimum absolute atomic E-state index is 0.397. The number of carbonyl (C=O) groups excluding carboxylic acids is 1. The zero-order valence-electron chi connectivity index (χ0n) is 13.0. The fraction of sp³-hybridized carbons (Fsp3) is 0.150. The Morgan fingerprint density at radius 1 is 0.913 bits per heavy atom. The monoisotopic (exact) mass is 306 g/mol. The lowest BCUT2D eigenvalue weighted by atomic mass is 10.1. The maximum atomic E-state index is 10.9. The van der Waals surface area contributed by atoms with Crippen molar-refractivity contribution in [3.8, 4) is 5.75 Å². The molecule has 0 N–H and O–H groups in total. The fourth-order valence-corrected chi connectivity index (χ4v) is 2.67. The lowest BCUT2D eigenvalue weighted by molar-refractivity contribution is 0.106. The third-order valence-corrected chi connectivity index (χ3v) is 3.84. The molecule has 3 aromatic carbocycles. The van der Waals surface area contributed by atoms with Gasteiger partial charge in [0.1, 0.15) is 12.0 Å².